The van der Waals surface area contributed by atoms with Crippen molar-refractivity contribution in [3.8, 4) is 0 Å². The van der Waals surface area contributed by atoms with E-state index < -0.39 is 17.7 Å². The van der Waals surface area contributed by atoms with Crippen LogP contribution in [0.2, 0.25) is 0 Å². The molecular weight excluding hydrogens is 449 g/mol. The van der Waals surface area contributed by atoms with Gasteiger partial charge in [-0.2, -0.15) is 13.2 Å². The molecule has 2 aliphatic rings. The fraction of sp³-hybridized carbons (Fsp3) is 0.409. The second kappa shape index (κ2) is 9.71. The van der Waals surface area contributed by atoms with Gasteiger partial charge in [0, 0.05) is 22.9 Å². The number of aliphatic carboxylic acids is 1. The molecule has 31 heavy (non-hydrogen) atoms. The monoisotopic (exact) mass is 472 g/mol. The Morgan fingerprint density at radius 2 is 1.84 bits per heavy atom. The zero-order valence-corrected chi connectivity index (χ0v) is 18.4. The molecule has 168 valence electrons. The lowest BCUT2D eigenvalue weighted by atomic mass is 9.98. The van der Waals surface area contributed by atoms with E-state index in [1.807, 2.05) is 29.2 Å². The predicted octanol–water partition coefficient (Wildman–Crippen LogP) is 5.92. The molecule has 2 heterocycles. The number of anilines is 2. The van der Waals surface area contributed by atoms with Crippen molar-refractivity contribution < 1.29 is 23.1 Å². The van der Waals surface area contributed by atoms with Gasteiger partial charge in [-0.1, -0.05) is 23.9 Å². The Balaban J connectivity index is 0.00000272. The van der Waals surface area contributed by atoms with Crippen LogP contribution in [0.15, 0.2) is 52.3 Å². The molecule has 1 fully saturated rings. The van der Waals surface area contributed by atoms with Crippen molar-refractivity contribution in [3.05, 3.63) is 48.0 Å². The Hall–Kier alpha value is -1.90. The standard InChI is InChI=1S/C22H23F3N2O2S.ClH/c23-22(24,25)16-8-9-20-18(13-16)27(17-6-1-2-7-19(17)30-20)12-4-11-26-10-3-5-15(14-26)21(28)29;/h1-2,6-9,13,15H,3-5,10-12,14H2,(H,28,29);1H/t15-;/m1./s1. The number of carboxylic acid groups (broad SMARTS) is 1. The number of carbonyl (C=O) groups is 1. The average Bonchev–Trinajstić information content (AvgIpc) is 2.72. The molecule has 0 saturated carbocycles. The minimum Gasteiger partial charge on any atom is -0.481 e. The van der Waals surface area contributed by atoms with Gasteiger partial charge in [-0.15, -0.1) is 12.4 Å². The first kappa shape index (κ1) is 23.8. The normalized spacial score (nSPS) is 18.7. The largest absolute Gasteiger partial charge is 0.481 e. The highest BCUT2D eigenvalue weighted by Gasteiger charge is 2.33. The molecule has 4 rings (SSSR count). The smallest absolute Gasteiger partial charge is 0.416 e. The van der Waals surface area contributed by atoms with Crippen molar-refractivity contribution in [1.82, 2.24) is 4.90 Å². The van der Waals surface area contributed by atoms with Crippen LogP contribution in [0.5, 0.6) is 0 Å². The van der Waals surface area contributed by atoms with Gasteiger partial charge in [-0.3, -0.25) is 4.79 Å². The molecule has 0 bridgehead atoms. The van der Waals surface area contributed by atoms with Gasteiger partial charge in [0.1, 0.15) is 0 Å². The number of piperidine rings is 1. The number of carboxylic acids is 1. The van der Waals surface area contributed by atoms with E-state index in [4.69, 9.17) is 0 Å². The summed E-state index contributed by atoms with van der Waals surface area (Å²) >= 11 is 1.49. The number of hydrogen-bond donors (Lipinski definition) is 1. The SMILES string of the molecule is Cl.O=C(O)[C@@H]1CCCN(CCCN2c3ccccc3Sc3ccc(C(F)(F)F)cc32)C1. The molecule has 9 heteroatoms. The van der Waals surface area contributed by atoms with Crippen LogP contribution in [0.1, 0.15) is 24.8 Å². The molecule has 1 N–H and O–H groups in total. The van der Waals surface area contributed by atoms with Crippen LogP contribution in [0.4, 0.5) is 24.5 Å². The summed E-state index contributed by atoms with van der Waals surface area (Å²) in [6, 6.07) is 11.7. The van der Waals surface area contributed by atoms with Crippen molar-refractivity contribution in [1.29, 1.82) is 0 Å². The maximum absolute atomic E-state index is 13.3. The summed E-state index contributed by atoms with van der Waals surface area (Å²) in [7, 11) is 0. The van der Waals surface area contributed by atoms with Crippen LogP contribution in [0.25, 0.3) is 0 Å². The Morgan fingerprint density at radius 1 is 1.10 bits per heavy atom. The molecule has 2 aliphatic heterocycles. The summed E-state index contributed by atoms with van der Waals surface area (Å²) in [6.07, 6.45) is -2.09. The fourth-order valence-electron chi connectivity index (χ4n) is 4.16. The number of halogens is 4. The minimum atomic E-state index is -4.39. The number of hydrogen-bond acceptors (Lipinski definition) is 4. The Bertz CT molecular complexity index is 941. The Labute approximate surface area is 189 Å². The van der Waals surface area contributed by atoms with Gasteiger partial charge in [0.25, 0.3) is 0 Å². The molecule has 2 aromatic rings. The number of fused-ring (bicyclic) bond motifs is 2. The summed E-state index contributed by atoms with van der Waals surface area (Å²) in [5, 5.41) is 9.27. The van der Waals surface area contributed by atoms with Crippen molar-refractivity contribution >= 4 is 41.5 Å². The van der Waals surface area contributed by atoms with Gasteiger partial charge < -0.3 is 14.9 Å². The lowest BCUT2D eigenvalue weighted by Crippen LogP contribution is -2.40. The summed E-state index contributed by atoms with van der Waals surface area (Å²) < 4.78 is 39.9. The van der Waals surface area contributed by atoms with Crippen LogP contribution in [-0.4, -0.2) is 42.2 Å². The van der Waals surface area contributed by atoms with E-state index in [9.17, 15) is 23.1 Å². The number of alkyl halides is 3. The molecule has 4 nitrogen and oxygen atoms in total. The predicted molar refractivity (Wildman–Crippen MR) is 118 cm³/mol. The minimum absolute atomic E-state index is 0. The van der Waals surface area contributed by atoms with E-state index >= 15 is 0 Å². The summed E-state index contributed by atoms with van der Waals surface area (Å²) in [4.78, 5) is 17.2. The lowest BCUT2D eigenvalue weighted by Gasteiger charge is -2.35. The van der Waals surface area contributed by atoms with Gasteiger partial charge in [0.15, 0.2) is 0 Å². The summed E-state index contributed by atoms with van der Waals surface area (Å²) in [6.45, 7) is 2.70. The highest BCUT2D eigenvalue weighted by atomic mass is 35.5. The molecule has 0 aliphatic carbocycles. The molecule has 0 radical (unpaired) electrons. The second-order valence-electron chi connectivity index (χ2n) is 7.73. The maximum Gasteiger partial charge on any atom is 0.416 e. The van der Waals surface area contributed by atoms with Crippen molar-refractivity contribution in [2.75, 3.05) is 31.1 Å². The van der Waals surface area contributed by atoms with Crippen molar-refractivity contribution in [2.45, 2.75) is 35.2 Å². The van der Waals surface area contributed by atoms with Crippen molar-refractivity contribution in [3.63, 3.8) is 0 Å². The zero-order chi connectivity index (χ0) is 21.3. The fourth-order valence-corrected chi connectivity index (χ4v) is 5.24. The average molecular weight is 473 g/mol. The van der Waals surface area contributed by atoms with E-state index in [0.29, 0.717) is 25.2 Å². The first-order valence-corrected chi connectivity index (χ1v) is 10.9. The van der Waals surface area contributed by atoms with Gasteiger partial charge in [0.2, 0.25) is 0 Å². The molecule has 0 amide bonds. The van der Waals surface area contributed by atoms with Gasteiger partial charge in [0.05, 0.1) is 22.9 Å². The number of likely N-dealkylation sites (tertiary alicyclic amines) is 1. The third kappa shape index (κ3) is 5.30. The second-order valence-corrected chi connectivity index (χ2v) is 8.82. The van der Waals surface area contributed by atoms with E-state index in [-0.39, 0.29) is 18.3 Å². The summed E-state index contributed by atoms with van der Waals surface area (Å²) in [5.74, 6) is -1.09. The molecule has 2 aromatic carbocycles. The highest BCUT2D eigenvalue weighted by Crippen LogP contribution is 2.49. The molecule has 0 unspecified atom stereocenters. The lowest BCUT2D eigenvalue weighted by molar-refractivity contribution is -0.143. The van der Waals surface area contributed by atoms with Gasteiger partial charge in [-0.25, -0.2) is 0 Å². The highest BCUT2D eigenvalue weighted by molar-refractivity contribution is 7.99. The maximum atomic E-state index is 13.3. The molecule has 1 saturated heterocycles. The first-order chi connectivity index (χ1) is 14.3. The Morgan fingerprint density at radius 3 is 2.58 bits per heavy atom. The van der Waals surface area contributed by atoms with E-state index in [1.165, 1.54) is 17.8 Å². The van der Waals surface area contributed by atoms with Gasteiger partial charge >= 0.3 is 12.1 Å². The van der Waals surface area contributed by atoms with Gasteiger partial charge in [-0.05, 0) is 62.7 Å². The molecule has 0 spiro atoms. The topological polar surface area (TPSA) is 43.8 Å². The Kier molecular flexibility index (Phi) is 7.44. The third-order valence-electron chi connectivity index (χ3n) is 5.66. The van der Waals surface area contributed by atoms with Crippen LogP contribution < -0.4 is 4.90 Å². The number of benzene rings is 2. The van der Waals surface area contributed by atoms with E-state index in [1.54, 1.807) is 6.07 Å². The van der Waals surface area contributed by atoms with Crippen LogP contribution in [-0.2, 0) is 11.0 Å². The van der Waals surface area contributed by atoms with Crippen LogP contribution in [0, 0.1) is 5.92 Å². The van der Waals surface area contributed by atoms with E-state index in [2.05, 4.69) is 4.90 Å². The van der Waals surface area contributed by atoms with E-state index in [0.717, 1.165) is 47.5 Å². The van der Waals surface area contributed by atoms with Crippen LogP contribution in [0.3, 0.4) is 0 Å². The quantitative estimate of drug-likeness (QED) is 0.585. The molecule has 1 atom stereocenters. The number of nitrogens with zero attached hydrogens (tertiary/aromatic N) is 2. The van der Waals surface area contributed by atoms with Crippen LogP contribution >= 0.6 is 24.2 Å². The molecular formula is C22H24ClF3N2O2S. The zero-order valence-electron chi connectivity index (χ0n) is 16.8. The molecule has 0 aromatic heterocycles. The number of rotatable bonds is 5. The van der Waals surface area contributed by atoms with Crippen molar-refractivity contribution in [2.24, 2.45) is 5.92 Å². The third-order valence-corrected chi connectivity index (χ3v) is 6.79. The number of para-hydroxylation sites is 1. The first-order valence-electron chi connectivity index (χ1n) is 10.0. The summed E-state index contributed by atoms with van der Waals surface area (Å²) in [5.41, 5.74) is 0.846.